The van der Waals surface area contributed by atoms with Crippen LogP contribution in [0.3, 0.4) is 0 Å². The second-order valence-electron chi connectivity index (χ2n) is 7.87. The van der Waals surface area contributed by atoms with Gasteiger partial charge in [0.15, 0.2) is 0 Å². The highest BCUT2D eigenvalue weighted by Gasteiger charge is 2.13. The number of carboxylic acids is 1. The van der Waals surface area contributed by atoms with Crippen molar-refractivity contribution in [1.29, 1.82) is 0 Å². The van der Waals surface area contributed by atoms with Crippen molar-refractivity contribution < 1.29 is 23.8 Å². The molecule has 0 amide bonds. The minimum atomic E-state index is -0.825. The first-order chi connectivity index (χ1) is 15.5. The van der Waals surface area contributed by atoms with Gasteiger partial charge in [0, 0.05) is 11.1 Å². The quantitative estimate of drug-likeness (QED) is 0.335. The van der Waals surface area contributed by atoms with E-state index in [4.69, 9.17) is 14.6 Å². The maximum absolute atomic E-state index is 14.4. The molecule has 0 aliphatic rings. The summed E-state index contributed by atoms with van der Waals surface area (Å²) >= 11 is 0. The van der Waals surface area contributed by atoms with Crippen LogP contribution in [0.1, 0.15) is 50.2 Å². The van der Waals surface area contributed by atoms with Crippen LogP contribution in [0, 0.1) is 5.82 Å². The Bertz CT molecular complexity index is 1050. The van der Waals surface area contributed by atoms with E-state index in [1.54, 1.807) is 12.1 Å². The van der Waals surface area contributed by atoms with Crippen LogP contribution in [0.25, 0.3) is 11.1 Å². The molecule has 0 saturated carbocycles. The Morgan fingerprint density at radius 1 is 1.00 bits per heavy atom. The molecular weight excluding hydrogens is 407 g/mol. The number of rotatable bonds is 11. The normalized spacial score (nSPS) is 11.7. The molecule has 5 heteroatoms. The molecule has 0 spiro atoms. The van der Waals surface area contributed by atoms with Crippen LogP contribution in [0.2, 0.25) is 0 Å². The highest BCUT2D eigenvalue weighted by Crippen LogP contribution is 2.33. The van der Waals surface area contributed by atoms with Gasteiger partial charge in [0.2, 0.25) is 0 Å². The van der Waals surface area contributed by atoms with E-state index in [2.05, 4.69) is 6.92 Å². The smallest absolute Gasteiger partial charge is 0.303 e. The van der Waals surface area contributed by atoms with Gasteiger partial charge in [-0.15, -0.1) is 0 Å². The minimum absolute atomic E-state index is 0.0689. The third-order valence-corrected chi connectivity index (χ3v) is 5.28. The average Bonchev–Trinajstić information content (AvgIpc) is 2.78. The average molecular weight is 437 g/mol. The van der Waals surface area contributed by atoms with E-state index in [0.717, 1.165) is 24.0 Å². The molecule has 3 aromatic carbocycles. The minimum Gasteiger partial charge on any atom is -0.493 e. The Morgan fingerprint density at radius 2 is 1.81 bits per heavy atom. The van der Waals surface area contributed by atoms with E-state index in [-0.39, 0.29) is 18.2 Å². The molecule has 0 saturated heterocycles. The Balaban J connectivity index is 1.78. The fourth-order valence-electron chi connectivity index (χ4n) is 3.46. The third kappa shape index (κ3) is 6.33. The summed E-state index contributed by atoms with van der Waals surface area (Å²) in [4.78, 5) is 11.0. The zero-order valence-electron chi connectivity index (χ0n) is 18.5. The first kappa shape index (κ1) is 23.3. The molecule has 3 aromatic rings. The number of benzene rings is 3. The molecule has 1 N–H and O–H groups in total. The SMILES string of the molecule is CCCCOc1cc(COc2cccc([C@H](C)CC(=O)O)c2)ccc1-c1ccccc1F. The van der Waals surface area contributed by atoms with Crippen molar-refractivity contribution in [3.05, 3.63) is 83.7 Å². The molecule has 0 fully saturated rings. The van der Waals surface area contributed by atoms with Crippen LogP contribution < -0.4 is 9.47 Å². The molecule has 4 nitrogen and oxygen atoms in total. The summed E-state index contributed by atoms with van der Waals surface area (Å²) in [5, 5.41) is 9.03. The van der Waals surface area contributed by atoms with E-state index in [9.17, 15) is 9.18 Å². The second kappa shape index (κ2) is 11.3. The zero-order chi connectivity index (χ0) is 22.9. The molecule has 168 valence electrons. The molecular formula is C27H29FO4. The van der Waals surface area contributed by atoms with Gasteiger partial charge in [-0.3, -0.25) is 4.79 Å². The van der Waals surface area contributed by atoms with E-state index >= 15 is 0 Å². The van der Waals surface area contributed by atoms with Crippen molar-refractivity contribution in [1.82, 2.24) is 0 Å². The lowest BCUT2D eigenvalue weighted by Crippen LogP contribution is -2.04. The molecule has 0 radical (unpaired) electrons. The van der Waals surface area contributed by atoms with Crippen LogP contribution in [-0.2, 0) is 11.4 Å². The highest BCUT2D eigenvalue weighted by atomic mass is 19.1. The number of carbonyl (C=O) groups is 1. The van der Waals surface area contributed by atoms with Gasteiger partial charge in [-0.25, -0.2) is 4.39 Å². The van der Waals surface area contributed by atoms with Gasteiger partial charge in [-0.05, 0) is 47.7 Å². The fraction of sp³-hybridized carbons (Fsp3) is 0.296. The van der Waals surface area contributed by atoms with Crippen LogP contribution in [0.5, 0.6) is 11.5 Å². The summed E-state index contributed by atoms with van der Waals surface area (Å²) < 4.78 is 26.3. The van der Waals surface area contributed by atoms with Crippen LogP contribution in [-0.4, -0.2) is 17.7 Å². The molecule has 0 unspecified atom stereocenters. The molecule has 0 aliphatic heterocycles. The molecule has 3 rings (SSSR count). The van der Waals surface area contributed by atoms with Crippen molar-refractivity contribution >= 4 is 5.97 Å². The predicted molar refractivity (Wildman–Crippen MR) is 124 cm³/mol. The summed E-state index contributed by atoms with van der Waals surface area (Å²) in [6.45, 7) is 4.86. The first-order valence-corrected chi connectivity index (χ1v) is 10.9. The number of halogens is 1. The number of unbranched alkanes of at least 4 members (excludes halogenated alkanes) is 1. The third-order valence-electron chi connectivity index (χ3n) is 5.28. The number of hydrogen-bond acceptors (Lipinski definition) is 3. The Morgan fingerprint density at radius 3 is 2.56 bits per heavy atom. The van der Waals surface area contributed by atoms with Crippen molar-refractivity contribution in [2.24, 2.45) is 0 Å². The Hall–Kier alpha value is -3.34. The van der Waals surface area contributed by atoms with Gasteiger partial charge in [0.25, 0.3) is 0 Å². The first-order valence-electron chi connectivity index (χ1n) is 10.9. The van der Waals surface area contributed by atoms with E-state index in [1.807, 2.05) is 55.5 Å². The molecule has 0 bridgehead atoms. The van der Waals surface area contributed by atoms with Crippen molar-refractivity contribution in [2.45, 2.75) is 45.6 Å². The lowest BCUT2D eigenvalue weighted by atomic mass is 9.98. The summed E-state index contributed by atoms with van der Waals surface area (Å²) in [7, 11) is 0. The molecule has 0 aliphatic carbocycles. The molecule has 1 atom stereocenters. The van der Waals surface area contributed by atoms with Crippen LogP contribution >= 0.6 is 0 Å². The second-order valence-corrected chi connectivity index (χ2v) is 7.87. The lowest BCUT2D eigenvalue weighted by molar-refractivity contribution is -0.137. The van der Waals surface area contributed by atoms with Crippen molar-refractivity contribution in [2.75, 3.05) is 6.61 Å². The summed E-state index contributed by atoms with van der Waals surface area (Å²) in [6, 6.07) is 19.8. The zero-order valence-corrected chi connectivity index (χ0v) is 18.5. The van der Waals surface area contributed by atoms with Crippen molar-refractivity contribution in [3.63, 3.8) is 0 Å². The van der Waals surface area contributed by atoms with Gasteiger partial charge in [-0.1, -0.05) is 62.7 Å². The topological polar surface area (TPSA) is 55.8 Å². The molecule has 32 heavy (non-hydrogen) atoms. The fourth-order valence-corrected chi connectivity index (χ4v) is 3.46. The largest absolute Gasteiger partial charge is 0.493 e. The van der Waals surface area contributed by atoms with Crippen molar-refractivity contribution in [3.8, 4) is 22.6 Å². The maximum Gasteiger partial charge on any atom is 0.303 e. The Kier molecular flexibility index (Phi) is 8.26. The number of carboxylic acid groups (broad SMARTS) is 1. The van der Waals surface area contributed by atoms with E-state index < -0.39 is 5.97 Å². The summed E-state index contributed by atoms with van der Waals surface area (Å²) in [5.74, 6) is 0.0908. The number of aliphatic carboxylic acids is 1. The maximum atomic E-state index is 14.4. The molecule has 0 aromatic heterocycles. The molecule has 0 heterocycles. The number of ether oxygens (including phenoxy) is 2. The van der Waals surface area contributed by atoms with Crippen LogP contribution in [0.15, 0.2) is 66.7 Å². The number of hydrogen-bond donors (Lipinski definition) is 1. The van der Waals surface area contributed by atoms with E-state index in [0.29, 0.717) is 35.8 Å². The van der Waals surface area contributed by atoms with Gasteiger partial charge in [0.05, 0.1) is 13.0 Å². The monoisotopic (exact) mass is 436 g/mol. The summed E-state index contributed by atoms with van der Waals surface area (Å²) in [6.07, 6.45) is 1.99. The van der Waals surface area contributed by atoms with Gasteiger partial charge < -0.3 is 14.6 Å². The van der Waals surface area contributed by atoms with Gasteiger partial charge in [-0.2, -0.15) is 0 Å². The van der Waals surface area contributed by atoms with Crippen LogP contribution in [0.4, 0.5) is 4.39 Å². The van der Waals surface area contributed by atoms with E-state index in [1.165, 1.54) is 6.07 Å². The Labute approximate surface area is 188 Å². The standard InChI is InChI=1S/C27H29FO4/c1-3-4-14-31-26-16-20(12-13-24(26)23-10-5-6-11-25(23)28)18-32-22-9-7-8-21(17-22)19(2)15-27(29)30/h5-13,16-17,19H,3-4,14-15,18H2,1-2H3,(H,29,30)/t19-/m1/s1. The van der Waals surface area contributed by atoms with Gasteiger partial charge >= 0.3 is 5.97 Å². The lowest BCUT2D eigenvalue weighted by Gasteiger charge is -2.15. The van der Waals surface area contributed by atoms with Gasteiger partial charge in [0.1, 0.15) is 23.9 Å². The predicted octanol–water partition coefficient (Wildman–Crippen LogP) is 6.83. The summed E-state index contributed by atoms with van der Waals surface area (Å²) in [5.41, 5.74) is 3.04. The highest BCUT2D eigenvalue weighted by molar-refractivity contribution is 5.71.